The van der Waals surface area contributed by atoms with Crippen LogP contribution in [0.3, 0.4) is 0 Å². The number of hydrogen-bond donors (Lipinski definition) is 0. The molecule has 0 saturated carbocycles. The molecule has 0 radical (unpaired) electrons. The average molecular weight is 256 g/mol. The second kappa shape index (κ2) is 4.98. The van der Waals surface area contributed by atoms with Gasteiger partial charge in [-0.2, -0.15) is 0 Å². The normalized spacial score (nSPS) is 11.3. The van der Waals surface area contributed by atoms with Gasteiger partial charge in [0.15, 0.2) is 0 Å². The fourth-order valence-electron chi connectivity index (χ4n) is 2.32. The highest BCUT2D eigenvalue weighted by molar-refractivity contribution is 7.00. The van der Waals surface area contributed by atoms with Crippen LogP contribution in [-0.4, -0.2) is 15.2 Å². The third-order valence-electron chi connectivity index (χ3n) is 3.52. The molecule has 0 bridgehead atoms. The van der Waals surface area contributed by atoms with E-state index in [4.69, 9.17) is 4.74 Å². The first-order chi connectivity index (χ1) is 8.55. The summed E-state index contributed by atoms with van der Waals surface area (Å²) in [4.78, 5) is 0. The highest BCUT2D eigenvalue weighted by Crippen LogP contribution is 2.16. The van der Waals surface area contributed by atoms with Crippen molar-refractivity contribution in [3.05, 3.63) is 54.1 Å². The molecule has 0 fully saturated rings. The van der Waals surface area contributed by atoms with Crippen molar-refractivity contribution in [1.82, 2.24) is 0 Å². The number of ether oxygens (including phenoxy) is 1. The Bertz CT molecular complexity index is 532. The van der Waals surface area contributed by atoms with E-state index in [0.717, 1.165) is 5.75 Å². The fourth-order valence-corrected chi connectivity index (χ4v) is 5.05. The van der Waals surface area contributed by atoms with E-state index in [1.807, 2.05) is 0 Å². The Hall–Kier alpha value is -1.54. The van der Waals surface area contributed by atoms with E-state index in [0.29, 0.717) is 0 Å². The van der Waals surface area contributed by atoms with Crippen LogP contribution in [0, 0.1) is 6.92 Å². The molecule has 18 heavy (non-hydrogen) atoms. The van der Waals surface area contributed by atoms with Gasteiger partial charge in [0.05, 0.1) is 7.11 Å². The van der Waals surface area contributed by atoms with Crippen LogP contribution in [0.4, 0.5) is 0 Å². The van der Waals surface area contributed by atoms with E-state index >= 15 is 0 Å². The topological polar surface area (TPSA) is 9.23 Å². The van der Waals surface area contributed by atoms with E-state index in [1.54, 1.807) is 7.11 Å². The molecular formula is C16H20OSi. The maximum atomic E-state index is 5.54. The number of rotatable bonds is 3. The Morgan fingerprint density at radius 2 is 1.61 bits per heavy atom. The molecule has 94 valence electrons. The van der Waals surface area contributed by atoms with Gasteiger partial charge in [0.25, 0.3) is 0 Å². The predicted molar refractivity (Wildman–Crippen MR) is 80.9 cm³/mol. The summed E-state index contributed by atoms with van der Waals surface area (Å²) in [6.07, 6.45) is 0. The smallest absolute Gasteiger partial charge is 0.118 e. The molecule has 0 aliphatic heterocycles. The molecule has 0 unspecified atom stereocenters. The highest BCUT2D eigenvalue weighted by atomic mass is 28.3. The lowest BCUT2D eigenvalue weighted by atomic mass is 10.2. The summed E-state index contributed by atoms with van der Waals surface area (Å²) in [6, 6.07) is 17.2. The number of benzene rings is 2. The van der Waals surface area contributed by atoms with E-state index in [1.165, 1.54) is 15.9 Å². The van der Waals surface area contributed by atoms with E-state index in [2.05, 4.69) is 68.5 Å². The molecule has 0 amide bonds. The lowest BCUT2D eigenvalue weighted by Crippen LogP contribution is -2.53. The molecule has 0 N–H and O–H groups in total. The van der Waals surface area contributed by atoms with Crippen LogP contribution in [-0.2, 0) is 0 Å². The van der Waals surface area contributed by atoms with Gasteiger partial charge in [0.1, 0.15) is 13.8 Å². The van der Waals surface area contributed by atoms with Crippen molar-refractivity contribution < 1.29 is 4.74 Å². The van der Waals surface area contributed by atoms with Crippen LogP contribution in [0.5, 0.6) is 5.75 Å². The molecule has 0 spiro atoms. The van der Waals surface area contributed by atoms with Crippen LogP contribution in [0.25, 0.3) is 0 Å². The van der Waals surface area contributed by atoms with Crippen LogP contribution >= 0.6 is 0 Å². The molecule has 2 aromatic rings. The summed E-state index contributed by atoms with van der Waals surface area (Å²) in [7, 11) is 0.0762. The Morgan fingerprint density at radius 3 is 2.22 bits per heavy atom. The van der Waals surface area contributed by atoms with Crippen molar-refractivity contribution in [2.24, 2.45) is 0 Å². The Kier molecular flexibility index (Phi) is 3.57. The molecular weight excluding hydrogens is 236 g/mol. The van der Waals surface area contributed by atoms with Crippen LogP contribution in [0.15, 0.2) is 48.5 Å². The van der Waals surface area contributed by atoms with Crippen LogP contribution < -0.4 is 15.1 Å². The van der Waals surface area contributed by atoms with E-state index in [-0.39, 0.29) is 0 Å². The van der Waals surface area contributed by atoms with Gasteiger partial charge < -0.3 is 4.74 Å². The van der Waals surface area contributed by atoms with Gasteiger partial charge in [-0.1, -0.05) is 66.3 Å². The number of aryl methyl sites for hydroxylation is 1. The zero-order valence-electron chi connectivity index (χ0n) is 11.5. The molecule has 0 saturated heterocycles. The first-order valence-corrected chi connectivity index (χ1v) is 9.26. The summed E-state index contributed by atoms with van der Waals surface area (Å²) >= 11 is 0. The predicted octanol–water partition coefficient (Wildman–Crippen LogP) is 2.83. The molecule has 0 aromatic heterocycles. The first kappa shape index (κ1) is 12.9. The SMILES string of the molecule is COc1ccc(C)cc1[Si](C)(C)c1ccccc1. The second-order valence-corrected chi connectivity index (χ2v) is 9.56. The minimum atomic E-state index is -1.68. The van der Waals surface area contributed by atoms with Gasteiger partial charge in [0.2, 0.25) is 0 Å². The van der Waals surface area contributed by atoms with Crippen molar-refractivity contribution in [1.29, 1.82) is 0 Å². The quantitative estimate of drug-likeness (QED) is 0.767. The minimum Gasteiger partial charge on any atom is -0.497 e. The second-order valence-electron chi connectivity index (χ2n) is 5.19. The highest BCUT2D eigenvalue weighted by Gasteiger charge is 2.28. The summed E-state index contributed by atoms with van der Waals surface area (Å²) in [5.41, 5.74) is 1.29. The lowest BCUT2D eigenvalue weighted by molar-refractivity contribution is 0.418. The lowest BCUT2D eigenvalue weighted by Gasteiger charge is -2.26. The van der Waals surface area contributed by atoms with E-state index in [9.17, 15) is 0 Å². The summed E-state index contributed by atoms with van der Waals surface area (Å²) in [6.45, 7) is 6.89. The van der Waals surface area contributed by atoms with Gasteiger partial charge in [-0.05, 0) is 18.2 Å². The molecule has 0 heterocycles. The summed E-state index contributed by atoms with van der Waals surface area (Å²) < 4.78 is 5.54. The Labute approximate surface area is 110 Å². The van der Waals surface area contributed by atoms with Gasteiger partial charge in [-0.3, -0.25) is 0 Å². The zero-order valence-corrected chi connectivity index (χ0v) is 12.5. The van der Waals surface area contributed by atoms with Gasteiger partial charge in [-0.25, -0.2) is 0 Å². The van der Waals surface area contributed by atoms with Crippen LogP contribution in [0.1, 0.15) is 5.56 Å². The van der Waals surface area contributed by atoms with Crippen molar-refractivity contribution in [3.8, 4) is 5.75 Å². The monoisotopic (exact) mass is 256 g/mol. The molecule has 2 heteroatoms. The maximum absolute atomic E-state index is 5.54. The van der Waals surface area contributed by atoms with Crippen LogP contribution in [0.2, 0.25) is 13.1 Å². The molecule has 2 aromatic carbocycles. The molecule has 0 aliphatic rings. The third kappa shape index (κ3) is 2.34. The standard InChI is InChI=1S/C16H20OSi/c1-13-10-11-15(17-2)16(12-13)18(3,4)14-8-6-5-7-9-14/h5-12H,1-4H3. The molecule has 0 atom stereocenters. The largest absolute Gasteiger partial charge is 0.497 e. The van der Waals surface area contributed by atoms with E-state index < -0.39 is 8.07 Å². The molecule has 2 rings (SSSR count). The summed E-state index contributed by atoms with van der Waals surface area (Å²) in [5, 5.41) is 2.81. The minimum absolute atomic E-state index is 1.01. The van der Waals surface area contributed by atoms with Gasteiger partial charge in [0, 0.05) is 0 Å². The first-order valence-electron chi connectivity index (χ1n) is 6.26. The molecule has 0 aliphatic carbocycles. The fraction of sp³-hybridized carbons (Fsp3) is 0.250. The average Bonchev–Trinajstić information content (AvgIpc) is 2.39. The maximum Gasteiger partial charge on any atom is 0.118 e. The Balaban J connectivity index is 2.56. The third-order valence-corrected chi connectivity index (χ3v) is 7.04. The van der Waals surface area contributed by atoms with Crippen molar-refractivity contribution in [2.75, 3.05) is 7.11 Å². The van der Waals surface area contributed by atoms with Crippen molar-refractivity contribution >= 4 is 18.4 Å². The van der Waals surface area contributed by atoms with Crippen molar-refractivity contribution in [2.45, 2.75) is 20.0 Å². The van der Waals surface area contributed by atoms with Gasteiger partial charge in [-0.15, -0.1) is 0 Å². The number of methoxy groups -OCH3 is 1. The van der Waals surface area contributed by atoms with Gasteiger partial charge >= 0.3 is 0 Å². The molecule has 1 nitrogen and oxygen atoms in total. The summed E-state index contributed by atoms with van der Waals surface area (Å²) in [5.74, 6) is 1.01. The Morgan fingerprint density at radius 1 is 0.944 bits per heavy atom. The number of hydrogen-bond acceptors (Lipinski definition) is 1. The van der Waals surface area contributed by atoms with Crippen molar-refractivity contribution in [3.63, 3.8) is 0 Å². The zero-order chi connectivity index (χ0) is 13.2.